The van der Waals surface area contributed by atoms with Crippen molar-refractivity contribution in [2.75, 3.05) is 11.1 Å². The van der Waals surface area contributed by atoms with Crippen LogP contribution in [-0.2, 0) is 19.4 Å². The highest BCUT2D eigenvalue weighted by atomic mass is 32.2. The van der Waals surface area contributed by atoms with Gasteiger partial charge in [-0.2, -0.15) is 0 Å². The summed E-state index contributed by atoms with van der Waals surface area (Å²) in [6, 6.07) is 5.92. The van der Waals surface area contributed by atoms with Crippen LogP contribution in [0.1, 0.15) is 45.4 Å². The van der Waals surface area contributed by atoms with Crippen molar-refractivity contribution in [2.24, 2.45) is 0 Å². The van der Waals surface area contributed by atoms with Crippen molar-refractivity contribution in [2.45, 2.75) is 66.5 Å². The molecule has 3 aliphatic rings. The minimum atomic E-state index is -3.30. The number of nitrogens with one attached hydrogen (secondary N) is 1. The third-order valence-corrected chi connectivity index (χ3v) is 9.72. The maximum absolute atomic E-state index is 12.7. The standard InChI is InChI=1S/C19H24N2O4S2/c1-19-11-10-17(22)21(19)16(12-26-19)18(23)20-13-6-8-15(9-7-13)27(24,25)14-4-2-3-5-14/h6-9,14,16H,2-5,10-12H2,1H3,(H,20,23)/t16-,19+/m0/s1. The van der Waals surface area contributed by atoms with Gasteiger partial charge in [-0.1, -0.05) is 12.8 Å². The van der Waals surface area contributed by atoms with Crippen molar-refractivity contribution in [3.05, 3.63) is 24.3 Å². The fourth-order valence-corrected chi connectivity index (χ4v) is 7.65. The number of thioether (sulfide) groups is 1. The number of hydrogen-bond donors (Lipinski definition) is 1. The SMILES string of the molecule is C[C@@]12CCC(=O)N1[C@H](C(=O)Nc1ccc(S(=O)(=O)C3CCCC3)cc1)CS2. The molecule has 27 heavy (non-hydrogen) atoms. The minimum absolute atomic E-state index is 0.0284. The third kappa shape index (κ3) is 3.27. The van der Waals surface area contributed by atoms with Gasteiger partial charge in [0.1, 0.15) is 6.04 Å². The zero-order valence-corrected chi connectivity index (χ0v) is 16.9. The van der Waals surface area contributed by atoms with Crippen LogP contribution in [0.25, 0.3) is 0 Å². The lowest BCUT2D eigenvalue weighted by atomic mass is 10.2. The van der Waals surface area contributed by atoms with Crippen LogP contribution in [0.5, 0.6) is 0 Å². The molecule has 0 unspecified atom stereocenters. The Balaban J connectivity index is 1.46. The second kappa shape index (κ2) is 6.81. The highest BCUT2D eigenvalue weighted by Crippen LogP contribution is 2.47. The first kappa shape index (κ1) is 18.8. The molecule has 2 atom stereocenters. The van der Waals surface area contributed by atoms with Gasteiger partial charge < -0.3 is 10.2 Å². The minimum Gasteiger partial charge on any atom is -0.324 e. The number of anilines is 1. The predicted molar refractivity (Wildman–Crippen MR) is 105 cm³/mol. The second-order valence-corrected chi connectivity index (χ2v) is 11.5. The van der Waals surface area contributed by atoms with E-state index in [4.69, 9.17) is 0 Å². The molecule has 2 aliphatic heterocycles. The maximum atomic E-state index is 12.7. The summed E-state index contributed by atoms with van der Waals surface area (Å²) in [5.41, 5.74) is 0.552. The molecule has 1 N–H and O–H groups in total. The number of rotatable bonds is 4. The molecule has 6 nitrogen and oxygen atoms in total. The molecule has 8 heteroatoms. The summed E-state index contributed by atoms with van der Waals surface area (Å²) < 4.78 is 25.3. The van der Waals surface area contributed by atoms with Crippen LogP contribution in [0.4, 0.5) is 5.69 Å². The summed E-state index contributed by atoms with van der Waals surface area (Å²) in [7, 11) is -3.30. The monoisotopic (exact) mass is 408 g/mol. The van der Waals surface area contributed by atoms with Crippen molar-refractivity contribution in [1.29, 1.82) is 0 Å². The van der Waals surface area contributed by atoms with E-state index in [1.54, 1.807) is 40.9 Å². The lowest BCUT2D eigenvalue weighted by molar-refractivity contribution is -0.135. The summed E-state index contributed by atoms with van der Waals surface area (Å²) in [5, 5.41) is 2.56. The Labute approximate surface area is 164 Å². The molecule has 1 aromatic carbocycles. The van der Waals surface area contributed by atoms with Crippen LogP contribution < -0.4 is 5.32 Å². The molecule has 0 bridgehead atoms. The predicted octanol–water partition coefficient (Wildman–Crippen LogP) is 2.80. The first-order valence-electron chi connectivity index (χ1n) is 9.42. The molecular formula is C19H24N2O4S2. The smallest absolute Gasteiger partial charge is 0.248 e. The Kier molecular flexibility index (Phi) is 4.74. The summed E-state index contributed by atoms with van der Waals surface area (Å²) in [5.74, 6) is 0.399. The summed E-state index contributed by atoms with van der Waals surface area (Å²) in [6.45, 7) is 2.01. The van der Waals surface area contributed by atoms with Crippen LogP contribution in [0.3, 0.4) is 0 Å². The van der Waals surface area contributed by atoms with Crippen LogP contribution in [-0.4, -0.2) is 47.0 Å². The zero-order valence-electron chi connectivity index (χ0n) is 15.3. The molecule has 3 fully saturated rings. The van der Waals surface area contributed by atoms with Gasteiger partial charge in [0.2, 0.25) is 11.8 Å². The van der Waals surface area contributed by atoms with Crippen molar-refractivity contribution in [1.82, 2.24) is 4.90 Å². The van der Waals surface area contributed by atoms with Crippen LogP contribution in [0, 0.1) is 0 Å². The van der Waals surface area contributed by atoms with E-state index in [9.17, 15) is 18.0 Å². The average molecular weight is 409 g/mol. The number of amides is 2. The Morgan fingerprint density at radius 2 is 1.89 bits per heavy atom. The number of fused-ring (bicyclic) bond motifs is 1. The number of benzene rings is 1. The quantitative estimate of drug-likeness (QED) is 0.828. The van der Waals surface area contributed by atoms with Gasteiger partial charge in [-0.3, -0.25) is 9.59 Å². The molecule has 0 spiro atoms. The van der Waals surface area contributed by atoms with Gasteiger partial charge in [-0.15, -0.1) is 11.8 Å². The van der Waals surface area contributed by atoms with E-state index in [0.29, 0.717) is 22.8 Å². The maximum Gasteiger partial charge on any atom is 0.248 e. The van der Waals surface area contributed by atoms with Crippen molar-refractivity contribution < 1.29 is 18.0 Å². The number of hydrogen-bond acceptors (Lipinski definition) is 5. The van der Waals surface area contributed by atoms with E-state index in [0.717, 1.165) is 32.1 Å². The Bertz CT molecular complexity index is 862. The second-order valence-electron chi connectivity index (χ2n) is 7.73. The first-order valence-corrected chi connectivity index (χ1v) is 12.0. The number of nitrogens with zero attached hydrogens (tertiary/aromatic N) is 1. The largest absolute Gasteiger partial charge is 0.324 e. The van der Waals surface area contributed by atoms with Crippen LogP contribution in [0.2, 0.25) is 0 Å². The summed E-state index contributed by atoms with van der Waals surface area (Å²) >= 11 is 1.65. The van der Waals surface area contributed by atoms with Gasteiger partial charge in [-0.05, 0) is 50.5 Å². The van der Waals surface area contributed by atoms with Gasteiger partial charge in [0.25, 0.3) is 0 Å². The van der Waals surface area contributed by atoms with Gasteiger partial charge in [0, 0.05) is 17.9 Å². The van der Waals surface area contributed by atoms with E-state index >= 15 is 0 Å². The van der Waals surface area contributed by atoms with E-state index in [-0.39, 0.29) is 21.9 Å². The molecule has 1 aromatic rings. The number of sulfone groups is 1. The highest BCUT2D eigenvalue weighted by molar-refractivity contribution is 8.01. The molecule has 4 rings (SSSR count). The Morgan fingerprint density at radius 1 is 1.22 bits per heavy atom. The van der Waals surface area contributed by atoms with Gasteiger partial charge in [-0.25, -0.2) is 8.42 Å². The van der Waals surface area contributed by atoms with Crippen LogP contribution in [0.15, 0.2) is 29.2 Å². The molecular weight excluding hydrogens is 384 g/mol. The fraction of sp³-hybridized carbons (Fsp3) is 0.579. The lowest BCUT2D eigenvalue weighted by Gasteiger charge is -2.29. The third-order valence-electron chi connectivity index (χ3n) is 5.94. The van der Waals surface area contributed by atoms with Crippen LogP contribution >= 0.6 is 11.8 Å². The Morgan fingerprint density at radius 3 is 2.56 bits per heavy atom. The molecule has 2 saturated heterocycles. The molecule has 1 aliphatic carbocycles. The normalized spacial score (nSPS) is 28.6. The molecule has 1 saturated carbocycles. The van der Waals surface area contributed by atoms with E-state index in [2.05, 4.69) is 5.32 Å². The van der Waals surface area contributed by atoms with Gasteiger partial charge >= 0.3 is 0 Å². The Hall–Kier alpha value is -1.54. The molecule has 0 radical (unpaired) electrons. The fourth-order valence-electron chi connectivity index (χ4n) is 4.36. The number of carbonyl (C=O) groups is 2. The molecule has 146 valence electrons. The van der Waals surface area contributed by atoms with Gasteiger partial charge in [0.15, 0.2) is 9.84 Å². The molecule has 2 amide bonds. The van der Waals surface area contributed by atoms with Gasteiger partial charge in [0.05, 0.1) is 15.0 Å². The molecule has 0 aromatic heterocycles. The topological polar surface area (TPSA) is 83.6 Å². The van der Waals surface area contributed by atoms with Crippen molar-refractivity contribution >= 4 is 39.1 Å². The number of carbonyl (C=O) groups excluding carboxylic acids is 2. The summed E-state index contributed by atoms with van der Waals surface area (Å²) in [6.07, 6.45) is 4.64. The van der Waals surface area contributed by atoms with Crippen molar-refractivity contribution in [3.63, 3.8) is 0 Å². The highest BCUT2D eigenvalue weighted by Gasteiger charge is 2.52. The average Bonchev–Trinajstić information content (AvgIpc) is 3.34. The summed E-state index contributed by atoms with van der Waals surface area (Å²) in [4.78, 5) is 26.6. The van der Waals surface area contributed by atoms with E-state index in [1.165, 1.54) is 0 Å². The zero-order chi connectivity index (χ0) is 19.2. The molecule has 2 heterocycles. The lowest BCUT2D eigenvalue weighted by Crippen LogP contribution is -2.48. The first-order chi connectivity index (χ1) is 12.8. The van der Waals surface area contributed by atoms with Crippen molar-refractivity contribution in [3.8, 4) is 0 Å². The van der Waals surface area contributed by atoms with E-state index < -0.39 is 15.9 Å². The van der Waals surface area contributed by atoms with E-state index in [1.807, 2.05) is 6.92 Å².